The number of carbonyl (C=O) groups is 1. The van der Waals surface area contributed by atoms with Crippen LogP contribution in [0.4, 0.5) is 0 Å². The highest BCUT2D eigenvalue weighted by Crippen LogP contribution is 2.21. The largest absolute Gasteiger partial charge is 0.457 e. The quantitative estimate of drug-likeness (QED) is 0.512. The number of hydrogen-bond acceptors (Lipinski definition) is 4. The molecule has 2 N–H and O–H groups in total. The minimum absolute atomic E-state index is 0.506. The number of carbonyl (C=O) groups excluding carboxylic acids is 1. The summed E-state index contributed by atoms with van der Waals surface area (Å²) in [6.45, 7) is 2.18. The standard InChI is InChI=1S/C12H22O4/c1-2-3-4-5-6-7-8-9-10(13)11(14)12(15)16-9/h9-11,13-14H,2-8H2,1H3/t9-,10-,11-/m1/s1. The van der Waals surface area contributed by atoms with Gasteiger partial charge in [0.15, 0.2) is 6.10 Å². The maximum atomic E-state index is 10.9. The summed E-state index contributed by atoms with van der Waals surface area (Å²) < 4.78 is 4.87. The van der Waals surface area contributed by atoms with Gasteiger partial charge in [-0.15, -0.1) is 0 Å². The Kier molecular flexibility index (Phi) is 5.77. The van der Waals surface area contributed by atoms with Crippen molar-refractivity contribution in [2.75, 3.05) is 0 Å². The fourth-order valence-electron chi connectivity index (χ4n) is 1.99. The van der Waals surface area contributed by atoms with Crippen molar-refractivity contribution in [3.05, 3.63) is 0 Å². The summed E-state index contributed by atoms with van der Waals surface area (Å²) in [4.78, 5) is 10.9. The Morgan fingerprint density at radius 2 is 1.75 bits per heavy atom. The molecule has 1 fully saturated rings. The Bertz CT molecular complexity index is 217. The molecule has 0 radical (unpaired) electrons. The Balaban J connectivity index is 2.07. The Labute approximate surface area is 96.6 Å². The number of unbranched alkanes of at least 4 members (excludes halogenated alkanes) is 5. The molecule has 1 aliphatic heterocycles. The van der Waals surface area contributed by atoms with E-state index < -0.39 is 24.3 Å². The van der Waals surface area contributed by atoms with Crippen molar-refractivity contribution in [2.24, 2.45) is 0 Å². The van der Waals surface area contributed by atoms with E-state index in [1.54, 1.807) is 0 Å². The van der Waals surface area contributed by atoms with Gasteiger partial charge in [-0.3, -0.25) is 0 Å². The van der Waals surface area contributed by atoms with E-state index >= 15 is 0 Å². The SMILES string of the molecule is CCCCCCCC[C@H]1OC(=O)[C@H](O)[C@@H]1O. The summed E-state index contributed by atoms with van der Waals surface area (Å²) >= 11 is 0. The van der Waals surface area contributed by atoms with E-state index in [0.717, 1.165) is 12.8 Å². The fourth-order valence-corrected chi connectivity index (χ4v) is 1.99. The van der Waals surface area contributed by atoms with Crippen LogP contribution in [0.25, 0.3) is 0 Å². The van der Waals surface area contributed by atoms with Crippen molar-refractivity contribution < 1.29 is 19.7 Å². The maximum Gasteiger partial charge on any atom is 0.338 e. The van der Waals surface area contributed by atoms with Gasteiger partial charge in [-0.1, -0.05) is 39.0 Å². The first-order chi connectivity index (χ1) is 7.66. The summed E-state index contributed by atoms with van der Waals surface area (Å²) in [6.07, 6.45) is 4.71. The van der Waals surface area contributed by atoms with E-state index in [1.807, 2.05) is 0 Å². The van der Waals surface area contributed by atoms with Gasteiger partial charge in [0.25, 0.3) is 0 Å². The van der Waals surface area contributed by atoms with Crippen LogP contribution in [0.3, 0.4) is 0 Å². The molecule has 4 heteroatoms. The van der Waals surface area contributed by atoms with Crippen molar-refractivity contribution in [1.29, 1.82) is 0 Å². The van der Waals surface area contributed by atoms with E-state index in [-0.39, 0.29) is 0 Å². The third-order valence-corrected chi connectivity index (χ3v) is 3.06. The minimum atomic E-state index is -1.34. The molecule has 1 rings (SSSR count). The van der Waals surface area contributed by atoms with E-state index in [1.165, 1.54) is 25.7 Å². The molecular formula is C12H22O4. The molecule has 0 aromatic heterocycles. The van der Waals surface area contributed by atoms with Crippen molar-refractivity contribution in [3.63, 3.8) is 0 Å². The van der Waals surface area contributed by atoms with Gasteiger partial charge >= 0.3 is 5.97 Å². The van der Waals surface area contributed by atoms with Gasteiger partial charge < -0.3 is 14.9 Å². The highest BCUT2D eigenvalue weighted by molar-refractivity contribution is 5.77. The lowest BCUT2D eigenvalue weighted by Gasteiger charge is -2.12. The number of ether oxygens (including phenoxy) is 1. The summed E-state index contributed by atoms with van der Waals surface area (Å²) in [7, 11) is 0. The van der Waals surface area contributed by atoms with Crippen LogP contribution in [0, 0.1) is 0 Å². The fraction of sp³-hybridized carbons (Fsp3) is 0.917. The molecular weight excluding hydrogens is 208 g/mol. The molecule has 0 amide bonds. The number of aliphatic hydroxyl groups excluding tert-OH is 2. The first-order valence-electron chi connectivity index (χ1n) is 6.23. The van der Waals surface area contributed by atoms with Gasteiger partial charge in [-0.25, -0.2) is 4.79 Å². The van der Waals surface area contributed by atoms with Crippen LogP contribution in [-0.2, 0) is 9.53 Å². The first-order valence-corrected chi connectivity index (χ1v) is 6.23. The Morgan fingerprint density at radius 3 is 2.31 bits per heavy atom. The lowest BCUT2D eigenvalue weighted by molar-refractivity contribution is -0.147. The van der Waals surface area contributed by atoms with Crippen molar-refractivity contribution in [2.45, 2.75) is 70.2 Å². The van der Waals surface area contributed by atoms with Crippen molar-refractivity contribution in [1.82, 2.24) is 0 Å². The topological polar surface area (TPSA) is 66.8 Å². The number of aliphatic hydroxyl groups is 2. The average Bonchev–Trinajstić information content (AvgIpc) is 2.51. The van der Waals surface area contributed by atoms with Crippen LogP contribution < -0.4 is 0 Å². The minimum Gasteiger partial charge on any atom is -0.457 e. The zero-order valence-electron chi connectivity index (χ0n) is 9.89. The van der Waals surface area contributed by atoms with Gasteiger partial charge in [-0.05, 0) is 12.8 Å². The molecule has 1 aliphatic rings. The predicted octanol–water partition coefficient (Wildman–Crippen LogP) is 1.38. The molecule has 1 saturated heterocycles. The Morgan fingerprint density at radius 1 is 1.12 bits per heavy atom. The van der Waals surface area contributed by atoms with Gasteiger partial charge in [0, 0.05) is 0 Å². The zero-order chi connectivity index (χ0) is 12.0. The second-order valence-electron chi connectivity index (χ2n) is 4.47. The zero-order valence-corrected chi connectivity index (χ0v) is 9.89. The van der Waals surface area contributed by atoms with Crippen LogP contribution >= 0.6 is 0 Å². The molecule has 94 valence electrons. The number of cyclic esters (lactones) is 1. The highest BCUT2D eigenvalue weighted by Gasteiger charge is 2.41. The van der Waals surface area contributed by atoms with E-state index in [4.69, 9.17) is 4.74 Å². The van der Waals surface area contributed by atoms with Gasteiger partial charge in [0.1, 0.15) is 12.2 Å². The molecule has 1 heterocycles. The molecule has 3 atom stereocenters. The van der Waals surface area contributed by atoms with Crippen LogP contribution in [0.1, 0.15) is 51.9 Å². The maximum absolute atomic E-state index is 10.9. The Hall–Kier alpha value is -0.610. The molecule has 0 spiro atoms. The monoisotopic (exact) mass is 230 g/mol. The summed E-state index contributed by atoms with van der Waals surface area (Å²) in [5, 5.41) is 18.7. The van der Waals surface area contributed by atoms with Crippen molar-refractivity contribution in [3.8, 4) is 0 Å². The molecule has 0 bridgehead atoms. The van der Waals surface area contributed by atoms with Crippen LogP contribution in [-0.4, -0.2) is 34.5 Å². The lowest BCUT2D eigenvalue weighted by Crippen LogP contribution is -2.30. The third kappa shape index (κ3) is 3.76. The first kappa shape index (κ1) is 13.5. The molecule has 0 unspecified atom stereocenters. The normalized spacial score (nSPS) is 29.4. The molecule has 0 saturated carbocycles. The molecule has 4 nitrogen and oxygen atoms in total. The summed E-state index contributed by atoms with van der Waals surface area (Å²) in [5.41, 5.74) is 0. The predicted molar refractivity (Wildman–Crippen MR) is 59.9 cm³/mol. The molecule has 0 aromatic rings. The average molecular weight is 230 g/mol. The van der Waals surface area contributed by atoms with Crippen LogP contribution in [0.15, 0.2) is 0 Å². The van der Waals surface area contributed by atoms with Crippen LogP contribution in [0.5, 0.6) is 0 Å². The highest BCUT2D eigenvalue weighted by atomic mass is 16.6. The molecule has 16 heavy (non-hydrogen) atoms. The summed E-state index contributed by atoms with van der Waals surface area (Å²) in [6, 6.07) is 0. The lowest BCUT2D eigenvalue weighted by atomic mass is 10.0. The van der Waals surface area contributed by atoms with Crippen molar-refractivity contribution >= 4 is 5.97 Å². The van der Waals surface area contributed by atoms with E-state index in [0.29, 0.717) is 6.42 Å². The third-order valence-electron chi connectivity index (χ3n) is 3.06. The van der Waals surface area contributed by atoms with Crippen LogP contribution in [0.2, 0.25) is 0 Å². The number of esters is 1. The number of rotatable bonds is 7. The second kappa shape index (κ2) is 6.86. The molecule has 0 aliphatic carbocycles. The second-order valence-corrected chi connectivity index (χ2v) is 4.47. The summed E-state index contributed by atoms with van der Waals surface area (Å²) in [5.74, 6) is -0.691. The number of hydrogen-bond donors (Lipinski definition) is 2. The van der Waals surface area contributed by atoms with E-state index in [2.05, 4.69) is 6.92 Å². The smallest absolute Gasteiger partial charge is 0.338 e. The van der Waals surface area contributed by atoms with Gasteiger partial charge in [0.2, 0.25) is 0 Å². The molecule has 0 aromatic carbocycles. The van der Waals surface area contributed by atoms with E-state index in [9.17, 15) is 15.0 Å². The van der Waals surface area contributed by atoms with Gasteiger partial charge in [-0.2, -0.15) is 0 Å². The van der Waals surface area contributed by atoms with Gasteiger partial charge in [0.05, 0.1) is 0 Å².